The van der Waals surface area contributed by atoms with Gasteiger partial charge in [-0.1, -0.05) is 76.6 Å². The highest BCUT2D eigenvalue weighted by molar-refractivity contribution is 5.97. The van der Waals surface area contributed by atoms with Crippen LogP contribution >= 0.6 is 0 Å². The van der Waals surface area contributed by atoms with Crippen LogP contribution in [0.2, 0.25) is 0 Å². The first-order chi connectivity index (χ1) is 33.5. The van der Waals surface area contributed by atoms with Gasteiger partial charge in [0, 0.05) is 33.1 Å². The molecule has 10 atom stereocenters. The zero-order valence-electron chi connectivity index (χ0n) is 43.1. The molecule has 19 nitrogen and oxygen atoms in total. The Labute approximate surface area is 417 Å². The van der Waals surface area contributed by atoms with Crippen LogP contribution in [0.4, 0.5) is 4.79 Å². The standard InChI is InChI=1S/C52H75N7O12/c1-12-31(4)43-41(60)28-42(61)55-52(7,8)50(67)53-37(25-30(2)3)46(63)58-24-16-19-38(58)47(64)56(9)40(27-34-20-22-36(69-11)23-21-34)49(66)71-33(6)44(45(62)54-43)59-32(5)26-39(48(59)65)57(10)51(68)70-29-35-17-14-13-15-18-35/h13-15,17-18,20-23,30-33,37-41,43-44,60H,12,16,19,24-29H2,1-11H3,(H,53,67)(H,54,62)(H,55,61)/t31-,32?,33+,37-,38-,39+,40-,41-,43+,44-/m0/s1. The predicted octanol–water partition coefficient (Wildman–Crippen LogP) is 3.34. The molecule has 3 aliphatic rings. The molecular weight excluding hydrogens is 915 g/mol. The number of likely N-dealkylation sites (tertiary alicyclic amines) is 1. The van der Waals surface area contributed by atoms with E-state index in [0.717, 1.165) is 5.56 Å². The fourth-order valence-electron chi connectivity index (χ4n) is 9.67. The molecule has 390 valence electrons. The summed E-state index contributed by atoms with van der Waals surface area (Å²) in [6.45, 7) is 13.6. The number of benzene rings is 2. The molecule has 0 aliphatic carbocycles. The average molecular weight is 990 g/mol. The van der Waals surface area contributed by atoms with Crippen molar-refractivity contribution >= 4 is 47.5 Å². The largest absolute Gasteiger partial charge is 0.497 e. The number of hydrogen-bond acceptors (Lipinski definition) is 12. The van der Waals surface area contributed by atoms with Crippen molar-refractivity contribution in [1.82, 2.24) is 35.6 Å². The van der Waals surface area contributed by atoms with Crippen LogP contribution in [0.15, 0.2) is 54.6 Å². The minimum atomic E-state index is -1.59. The minimum Gasteiger partial charge on any atom is -0.497 e. The lowest BCUT2D eigenvalue weighted by atomic mass is 9.91. The summed E-state index contributed by atoms with van der Waals surface area (Å²) in [6, 6.07) is 8.05. The van der Waals surface area contributed by atoms with Crippen molar-refractivity contribution in [3.05, 3.63) is 65.7 Å². The van der Waals surface area contributed by atoms with Crippen molar-refractivity contribution in [3.8, 4) is 5.75 Å². The number of nitrogens with one attached hydrogen (secondary N) is 3. The van der Waals surface area contributed by atoms with E-state index in [1.165, 1.54) is 61.6 Å². The van der Waals surface area contributed by atoms with Crippen LogP contribution in [-0.4, -0.2) is 160 Å². The lowest BCUT2D eigenvalue weighted by Gasteiger charge is -2.38. The van der Waals surface area contributed by atoms with Gasteiger partial charge in [0.1, 0.15) is 54.2 Å². The van der Waals surface area contributed by atoms with Gasteiger partial charge in [0.05, 0.1) is 25.7 Å². The number of aliphatic hydroxyl groups is 1. The van der Waals surface area contributed by atoms with E-state index in [-0.39, 0.29) is 44.8 Å². The van der Waals surface area contributed by atoms with Gasteiger partial charge >= 0.3 is 12.1 Å². The van der Waals surface area contributed by atoms with E-state index >= 15 is 4.79 Å². The van der Waals surface area contributed by atoms with Crippen LogP contribution in [0.25, 0.3) is 0 Å². The molecule has 0 bridgehead atoms. The van der Waals surface area contributed by atoms with Crippen LogP contribution in [0, 0.1) is 11.8 Å². The van der Waals surface area contributed by atoms with Crippen LogP contribution in [0.5, 0.6) is 5.75 Å². The summed E-state index contributed by atoms with van der Waals surface area (Å²) in [6.07, 6.45) is -2.85. The number of ether oxygens (including phenoxy) is 3. The molecule has 19 heteroatoms. The molecule has 0 saturated carbocycles. The molecule has 7 amide bonds. The van der Waals surface area contributed by atoms with Crippen molar-refractivity contribution in [2.75, 3.05) is 27.7 Å². The van der Waals surface area contributed by atoms with Gasteiger partial charge in [0.15, 0.2) is 0 Å². The van der Waals surface area contributed by atoms with E-state index in [0.29, 0.717) is 24.2 Å². The molecule has 0 aromatic heterocycles. The summed E-state index contributed by atoms with van der Waals surface area (Å²) in [5, 5.41) is 20.2. The number of esters is 1. The molecule has 3 fully saturated rings. The fourth-order valence-corrected chi connectivity index (χ4v) is 9.67. The summed E-state index contributed by atoms with van der Waals surface area (Å²) < 4.78 is 17.2. The summed E-state index contributed by atoms with van der Waals surface area (Å²) in [5.74, 6) is -4.77. The molecule has 0 spiro atoms. The number of rotatable bonds is 11. The summed E-state index contributed by atoms with van der Waals surface area (Å²) >= 11 is 0. The second-order valence-electron chi connectivity index (χ2n) is 20.3. The van der Waals surface area contributed by atoms with Gasteiger partial charge < -0.3 is 50.0 Å². The number of amides is 7. The van der Waals surface area contributed by atoms with E-state index in [2.05, 4.69) is 16.0 Å². The lowest BCUT2D eigenvalue weighted by Crippen LogP contribution is -2.61. The summed E-state index contributed by atoms with van der Waals surface area (Å²) in [7, 11) is 4.39. The Morgan fingerprint density at radius 3 is 2.21 bits per heavy atom. The quantitative estimate of drug-likeness (QED) is 0.238. The number of methoxy groups -OCH3 is 1. The molecule has 3 heterocycles. The van der Waals surface area contributed by atoms with Gasteiger partial charge in [-0.25, -0.2) is 9.59 Å². The molecule has 4 N–H and O–H groups in total. The van der Waals surface area contributed by atoms with Crippen molar-refractivity contribution < 1.29 is 57.7 Å². The number of carbonyl (C=O) groups excluding carboxylic acids is 8. The monoisotopic (exact) mass is 990 g/mol. The van der Waals surface area contributed by atoms with E-state index in [1.54, 1.807) is 62.4 Å². The number of aliphatic hydroxyl groups excluding tert-OH is 1. The molecule has 0 radical (unpaired) electrons. The molecule has 2 aromatic carbocycles. The zero-order chi connectivity index (χ0) is 52.5. The smallest absolute Gasteiger partial charge is 0.410 e. The number of fused-ring (bicyclic) bond motifs is 1. The Hall–Kier alpha value is -6.24. The van der Waals surface area contributed by atoms with Crippen LogP contribution in [0.3, 0.4) is 0 Å². The second-order valence-corrected chi connectivity index (χ2v) is 20.3. The SMILES string of the molecule is CC[C@H](C)[C@H]1NC(=O)[C@@H](N2C(=O)[C@H](N(C)C(=O)OCc3ccccc3)CC2C)[C@@H](C)OC(=O)[C@H](Cc2ccc(OC)cc2)N(C)C(=O)[C@@H]2CCCN2C(=O)[C@H](CC(C)C)NC(=O)C(C)(C)NC(=O)C[C@@H]1O. The molecular formula is C52H75N7O12. The molecule has 2 aromatic rings. The Bertz CT molecular complexity index is 2220. The number of likely N-dealkylation sites (N-methyl/N-ethyl adjacent to an activating group) is 2. The number of carbonyl (C=O) groups is 8. The van der Waals surface area contributed by atoms with Crippen LogP contribution in [0.1, 0.15) is 105 Å². The van der Waals surface area contributed by atoms with E-state index in [4.69, 9.17) is 14.2 Å². The first-order valence-corrected chi connectivity index (χ1v) is 24.8. The minimum absolute atomic E-state index is 0.0490. The predicted molar refractivity (Wildman–Crippen MR) is 262 cm³/mol. The number of nitrogens with zero attached hydrogens (tertiary/aromatic N) is 4. The first kappa shape index (κ1) is 55.7. The highest BCUT2D eigenvalue weighted by Crippen LogP contribution is 2.30. The third-order valence-electron chi connectivity index (χ3n) is 14.1. The van der Waals surface area contributed by atoms with Gasteiger partial charge in [-0.05, 0) is 88.5 Å². The van der Waals surface area contributed by atoms with Gasteiger partial charge in [-0.15, -0.1) is 0 Å². The fraction of sp³-hybridized carbons (Fsp3) is 0.615. The molecule has 3 saturated heterocycles. The second kappa shape index (κ2) is 24.3. The van der Waals surface area contributed by atoms with Crippen LogP contribution < -0.4 is 20.7 Å². The maximum absolute atomic E-state index is 15.0. The highest BCUT2D eigenvalue weighted by Gasteiger charge is 2.50. The molecule has 71 heavy (non-hydrogen) atoms. The normalized spacial score (nSPS) is 27.8. The lowest BCUT2D eigenvalue weighted by molar-refractivity contribution is -0.166. The Morgan fingerprint density at radius 1 is 0.930 bits per heavy atom. The zero-order valence-corrected chi connectivity index (χ0v) is 43.1. The molecule has 5 rings (SSSR count). The Morgan fingerprint density at radius 2 is 1.59 bits per heavy atom. The van der Waals surface area contributed by atoms with Gasteiger partial charge in [0.25, 0.3) is 0 Å². The van der Waals surface area contributed by atoms with Crippen molar-refractivity contribution in [2.45, 2.75) is 167 Å². The van der Waals surface area contributed by atoms with Gasteiger partial charge in [-0.2, -0.15) is 0 Å². The Balaban J connectivity index is 1.58. The summed E-state index contributed by atoms with van der Waals surface area (Å²) in [4.78, 5) is 120. The third-order valence-corrected chi connectivity index (χ3v) is 14.1. The van der Waals surface area contributed by atoms with Crippen molar-refractivity contribution in [2.24, 2.45) is 11.8 Å². The van der Waals surface area contributed by atoms with E-state index in [9.17, 15) is 38.7 Å². The third kappa shape index (κ3) is 13.6. The average Bonchev–Trinajstić information content (AvgIpc) is 3.94. The van der Waals surface area contributed by atoms with Crippen LogP contribution in [-0.2, 0) is 56.1 Å². The first-order valence-electron chi connectivity index (χ1n) is 24.8. The Kier molecular flexibility index (Phi) is 19.0. The topological polar surface area (TPSA) is 234 Å². The highest BCUT2D eigenvalue weighted by atomic mass is 16.6. The van der Waals surface area contributed by atoms with Gasteiger partial charge in [0.2, 0.25) is 35.4 Å². The number of hydrogen-bond donors (Lipinski definition) is 4. The summed E-state index contributed by atoms with van der Waals surface area (Å²) in [5.41, 5.74) is -0.222. The van der Waals surface area contributed by atoms with Gasteiger partial charge in [-0.3, -0.25) is 33.7 Å². The molecule has 1 unspecified atom stereocenters. The van der Waals surface area contributed by atoms with Crippen molar-refractivity contribution in [1.29, 1.82) is 0 Å². The van der Waals surface area contributed by atoms with Crippen molar-refractivity contribution in [3.63, 3.8) is 0 Å². The maximum atomic E-state index is 15.0. The molecule has 3 aliphatic heterocycles. The van der Waals surface area contributed by atoms with E-state index in [1.807, 2.05) is 26.8 Å². The number of cyclic esters (lactones) is 1. The van der Waals surface area contributed by atoms with E-state index < -0.39 is 120 Å². The maximum Gasteiger partial charge on any atom is 0.410 e.